The van der Waals surface area contributed by atoms with Crippen LogP contribution < -0.4 is 0 Å². The Bertz CT molecular complexity index is 357. The lowest BCUT2D eigenvalue weighted by molar-refractivity contribution is -0.146. The lowest BCUT2D eigenvalue weighted by Gasteiger charge is -2.03. The molecule has 4 heteroatoms. The molecule has 0 amide bonds. The van der Waals surface area contributed by atoms with E-state index in [1.54, 1.807) is 24.3 Å². The molecule has 1 aromatic carbocycles. The van der Waals surface area contributed by atoms with E-state index in [-0.39, 0.29) is 18.8 Å². The Morgan fingerprint density at radius 3 is 2.40 bits per heavy atom. The minimum atomic E-state index is -0.502. The topological polar surface area (TPSA) is 43.4 Å². The van der Waals surface area contributed by atoms with Crippen LogP contribution in [0.15, 0.2) is 24.3 Å². The molecule has 0 aliphatic rings. The van der Waals surface area contributed by atoms with E-state index in [2.05, 4.69) is 0 Å². The van der Waals surface area contributed by atoms with Crippen molar-refractivity contribution in [2.75, 3.05) is 0 Å². The Labute approximate surface area is 93.0 Å². The largest absolute Gasteiger partial charge is 0.460 e. The minimum Gasteiger partial charge on any atom is -0.460 e. The molecule has 3 nitrogen and oxygen atoms in total. The Kier molecular flexibility index (Phi) is 4.31. The van der Waals surface area contributed by atoms with E-state index in [1.807, 2.05) is 0 Å². The van der Waals surface area contributed by atoms with Gasteiger partial charge in [0, 0.05) is 5.02 Å². The average molecular weight is 227 g/mol. The maximum atomic E-state index is 11.0. The molecule has 1 rings (SSSR count). The Morgan fingerprint density at radius 2 is 1.87 bits per heavy atom. The number of Topliss-reactive ketones (excluding diaryl/α,β-unsaturated/α-hetero) is 1. The molecule has 0 fully saturated rings. The molecule has 1 aromatic rings. The summed E-state index contributed by atoms with van der Waals surface area (Å²) in [6.07, 6.45) is -0.173. The van der Waals surface area contributed by atoms with Crippen LogP contribution in [0.1, 0.15) is 18.9 Å². The van der Waals surface area contributed by atoms with E-state index in [9.17, 15) is 9.59 Å². The number of carbonyl (C=O) groups excluding carboxylic acids is 2. The van der Waals surface area contributed by atoms with Gasteiger partial charge < -0.3 is 4.74 Å². The second-order valence-corrected chi connectivity index (χ2v) is 3.60. The molecule has 0 bridgehead atoms. The summed E-state index contributed by atoms with van der Waals surface area (Å²) in [4.78, 5) is 21.6. The van der Waals surface area contributed by atoms with Crippen LogP contribution in [-0.4, -0.2) is 11.8 Å². The highest BCUT2D eigenvalue weighted by molar-refractivity contribution is 6.30. The second kappa shape index (κ2) is 5.51. The normalized spacial score (nSPS) is 9.73. The zero-order valence-electron chi connectivity index (χ0n) is 8.33. The molecule has 0 radical (unpaired) electrons. The highest BCUT2D eigenvalue weighted by Crippen LogP contribution is 2.10. The third kappa shape index (κ3) is 4.61. The number of carbonyl (C=O) groups is 2. The lowest BCUT2D eigenvalue weighted by atomic mass is 10.2. The third-order valence-electron chi connectivity index (χ3n) is 1.71. The van der Waals surface area contributed by atoms with Gasteiger partial charge in [0.15, 0.2) is 0 Å². The number of halogens is 1. The first-order valence-corrected chi connectivity index (χ1v) is 4.85. The standard InChI is InChI=1S/C11H11ClO3/c1-8(13)6-11(14)15-7-9-2-4-10(12)5-3-9/h2-5H,6-7H2,1H3. The van der Waals surface area contributed by atoms with Crippen LogP contribution in [0.2, 0.25) is 5.02 Å². The summed E-state index contributed by atoms with van der Waals surface area (Å²) in [7, 11) is 0. The summed E-state index contributed by atoms with van der Waals surface area (Å²) in [5.41, 5.74) is 0.844. The zero-order chi connectivity index (χ0) is 11.3. The number of hydrogen-bond donors (Lipinski definition) is 0. The van der Waals surface area contributed by atoms with Crippen molar-refractivity contribution in [2.24, 2.45) is 0 Å². The molecule has 0 spiro atoms. The van der Waals surface area contributed by atoms with Gasteiger partial charge in [0.05, 0.1) is 0 Å². The minimum absolute atomic E-state index is 0.170. The first kappa shape index (κ1) is 11.7. The molecule has 0 unspecified atom stereocenters. The van der Waals surface area contributed by atoms with Gasteiger partial charge in [-0.15, -0.1) is 0 Å². The van der Waals surface area contributed by atoms with E-state index in [0.29, 0.717) is 5.02 Å². The van der Waals surface area contributed by atoms with Crippen LogP contribution in [0.25, 0.3) is 0 Å². The molecular formula is C11H11ClO3. The summed E-state index contributed by atoms with van der Waals surface area (Å²) < 4.78 is 4.88. The summed E-state index contributed by atoms with van der Waals surface area (Å²) >= 11 is 5.69. The quantitative estimate of drug-likeness (QED) is 0.585. The fourth-order valence-electron chi connectivity index (χ4n) is 0.999. The third-order valence-corrected chi connectivity index (χ3v) is 1.96. The Balaban J connectivity index is 2.40. The van der Waals surface area contributed by atoms with Crippen LogP contribution in [0.5, 0.6) is 0 Å². The van der Waals surface area contributed by atoms with Crippen molar-refractivity contribution in [2.45, 2.75) is 20.0 Å². The van der Waals surface area contributed by atoms with Gasteiger partial charge in [0.1, 0.15) is 18.8 Å². The van der Waals surface area contributed by atoms with Crippen molar-refractivity contribution < 1.29 is 14.3 Å². The molecule has 0 N–H and O–H groups in total. The van der Waals surface area contributed by atoms with E-state index in [4.69, 9.17) is 16.3 Å². The van der Waals surface area contributed by atoms with Crippen LogP contribution in [0.4, 0.5) is 0 Å². The van der Waals surface area contributed by atoms with Crippen molar-refractivity contribution in [3.8, 4) is 0 Å². The molecule has 0 saturated carbocycles. The van der Waals surface area contributed by atoms with Crippen LogP contribution in [0.3, 0.4) is 0 Å². The van der Waals surface area contributed by atoms with Crippen molar-refractivity contribution in [3.63, 3.8) is 0 Å². The molecule has 0 heterocycles. The van der Waals surface area contributed by atoms with Crippen molar-refractivity contribution in [1.82, 2.24) is 0 Å². The number of esters is 1. The summed E-state index contributed by atoms with van der Waals surface area (Å²) in [6, 6.07) is 6.97. The van der Waals surface area contributed by atoms with E-state index in [0.717, 1.165) is 5.56 Å². The van der Waals surface area contributed by atoms with E-state index < -0.39 is 5.97 Å². The van der Waals surface area contributed by atoms with Crippen LogP contribution in [-0.2, 0) is 20.9 Å². The highest BCUT2D eigenvalue weighted by atomic mass is 35.5. The zero-order valence-corrected chi connectivity index (χ0v) is 9.08. The van der Waals surface area contributed by atoms with Crippen molar-refractivity contribution >= 4 is 23.4 Å². The summed E-state index contributed by atoms with van der Waals surface area (Å²) in [5.74, 6) is -0.700. The van der Waals surface area contributed by atoms with Crippen LogP contribution in [0, 0.1) is 0 Å². The van der Waals surface area contributed by atoms with Gasteiger partial charge >= 0.3 is 5.97 Å². The molecule has 15 heavy (non-hydrogen) atoms. The number of ether oxygens (including phenoxy) is 1. The summed E-state index contributed by atoms with van der Waals surface area (Å²) in [6.45, 7) is 1.52. The van der Waals surface area contributed by atoms with Crippen molar-refractivity contribution in [3.05, 3.63) is 34.9 Å². The SMILES string of the molecule is CC(=O)CC(=O)OCc1ccc(Cl)cc1. The molecule has 0 aliphatic carbocycles. The van der Waals surface area contributed by atoms with Crippen LogP contribution >= 0.6 is 11.6 Å². The maximum absolute atomic E-state index is 11.0. The highest BCUT2D eigenvalue weighted by Gasteiger charge is 2.06. The number of hydrogen-bond acceptors (Lipinski definition) is 3. The number of rotatable bonds is 4. The fourth-order valence-corrected chi connectivity index (χ4v) is 1.12. The predicted molar refractivity (Wildman–Crippen MR) is 56.5 cm³/mol. The molecule has 0 aromatic heterocycles. The second-order valence-electron chi connectivity index (χ2n) is 3.17. The lowest BCUT2D eigenvalue weighted by Crippen LogP contribution is -2.08. The van der Waals surface area contributed by atoms with Gasteiger partial charge in [0.25, 0.3) is 0 Å². The molecule has 0 atom stereocenters. The predicted octanol–water partition coefficient (Wildman–Crippen LogP) is 2.36. The first-order chi connectivity index (χ1) is 7.08. The molecular weight excluding hydrogens is 216 g/mol. The average Bonchev–Trinajstić information content (AvgIpc) is 2.16. The first-order valence-electron chi connectivity index (χ1n) is 4.47. The fraction of sp³-hybridized carbons (Fsp3) is 0.273. The van der Waals surface area contributed by atoms with E-state index in [1.165, 1.54) is 6.92 Å². The van der Waals surface area contributed by atoms with Gasteiger partial charge in [-0.2, -0.15) is 0 Å². The number of ketones is 1. The Morgan fingerprint density at radius 1 is 1.27 bits per heavy atom. The van der Waals surface area contributed by atoms with E-state index >= 15 is 0 Å². The number of benzene rings is 1. The molecule has 0 saturated heterocycles. The van der Waals surface area contributed by atoms with Gasteiger partial charge in [-0.25, -0.2) is 0 Å². The summed E-state index contributed by atoms with van der Waals surface area (Å²) in [5, 5.41) is 0.633. The van der Waals surface area contributed by atoms with Gasteiger partial charge in [0.2, 0.25) is 0 Å². The maximum Gasteiger partial charge on any atom is 0.313 e. The van der Waals surface area contributed by atoms with Gasteiger partial charge in [-0.1, -0.05) is 23.7 Å². The van der Waals surface area contributed by atoms with Crippen molar-refractivity contribution in [1.29, 1.82) is 0 Å². The Hall–Kier alpha value is -1.35. The van der Waals surface area contributed by atoms with Gasteiger partial charge in [-0.05, 0) is 24.6 Å². The monoisotopic (exact) mass is 226 g/mol. The smallest absolute Gasteiger partial charge is 0.313 e. The van der Waals surface area contributed by atoms with Gasteiger partial charge in [-0.3, -0.25) is 9.59 Å². The molecule has 80 valence electrons. The molecule has 0 aliphatic heterocycles.